The molecule has 3 N–H and O–H groups in total. The Kier molecular flexibility index (Phi) is 3.72. The summed E-state index contributed by atoms with van der Waals surface area (Å²) in [7, 11) is 0. The molecule has 0 aliphatic carbocycles. The quantitative estimate of drug-likeness (QED) is 0.449. The molecule has 0 amide bonds. The molecule has 10 heavy (non-hydrogen) atoms. The fourth-order valence-corrected chi connectivity index (χ4v) is 0.391. The van der Waals surface area contributed by atoms with Crippen LogP contribution in [0.1, 0.15) is 13.8 Å². The van der Waals surface area contributed by atoms with E-state index in [1.807, 2.05) is 0 Å². The largest absolute Gasteiger partial charge is 0.512 e. The van der Waals surface area contributed by atoms with Crippen LogP contribution in [0.4, 0.5) is 0 Å². The number of carbonyl (C=O) groups excluding carboxylic acids is 1. The normalized spacial score (nSPS) is 12.2. The molecular formula is C7H13NO2. The lowest BCUT2D eigenvalue weighted by Crippen LogP contribution is -2.11. The van der Waals surface area contributed by atoms with E-state index in [1.165, 1.54) is 6.08 Å². The highest BCUT2D eigenvalue weighted by molar-refractivity contribution is 5.91. The molecule has 0 aliphatic heterocycles. The highest BCUT2D eigenvalue weighted by Crippen LogP contribution is 2.03. The number of carbonyl (C=O) groups is 1. The first-order valence-corrected chi connectivity index (χ1v) is 3.21. The topological polar surface area (TPSA) is 63.3 Å². The van der Waals surface area contributed by atoms with Crippen LogP contribution in [0.5, 0.6) is 0 Å². The van der Waals surface area contributed by atoms with Gasteiger partial charge in [0.05, 0.1) is 12.3 Å². The summed E-state index contributed by atoms with van der Waals surface area (Å²) in [5, 5.41) is 9.01. The van der Waals surface area contributed by atoms with Crippen molar-refractivity contribution in [3.63, 3.8) is 0 Å². The highest BCUT2D eigenvalue weighted by Gasteiger charge is 2.01. The summed E-state index contributed by atoms with van der Waals surface area (Å²) in [6.07, 6.45) is 1.17. The number of ketones is 1. The predicted octanol–water partition coefficient (Wildman–Crippen LogP) is 0.612. The van der Waals surface area contributed by atoms with Crippen LogP contribution in [0.15, 0.2) is 11.8 Å². The minimum atomic E-state index is -0.244. The van der Waals surface area contributed by atoms with E-state index < -0.39 is 0 Å². The Hall–Kier alpha value is -0.830. The van der Waals surface area contributed by atoms with Gasteiger partial charge in [0.2, 0.25) is 0 Å². The van der Waals surface area contributed by atoms with Gasteiger partial charge in [0.15, 0.2) is 5.78 Å². The molecule has 0 rings (SSSR count). The molecular weight excluding hydrogens is 130 g/mol. The zero-order valence-corrected chi connectivity index (χ0v) is 6.29. The van der Waals surface area contributed by atoms with Crippen molar-refractivity contribution in [2.24, 2.45) is 11.7 Å². The molecule has 0 saturated carbocycles. The Morgan fingerprint density at radius 1 is 1.70 bits per heavy atom. The summed E-state index contributed by atoms with van der Waals surface area (Å²) < 4.78 is 0. The summed E-state index contributed by atoms with van der Waals surface area (Å²) in [5.41, 5.74) is 5.02. The molecule has 0 heterocycles. The van der Waals surface area contributed by atoms with Gasteiger partial charge in [-0.1, -0.05) is 13.8 Å². The summed E-state index contributed by atoms with van der Waals surface area (Å²) >= 11 is 0. The molecule has 3 nitrogen and oxygen atoms in total. The maximum atomic E-state index is 10.6. The van der Waals surface area contributed by atoms with Crippen LogP contribution in [0.25, 0.3) is 0 Å². The Morgan fingerprint density at radius 2 is 2.20 bits per heavy atom. The Bertz CT molecular complexity index is 150. The van der Waals surface area contributed by atoms with Crippen LogP contribution >= 0.6 is 0 Å². The molecule has 0 unspecified atom stereocenters. The van der Waals surface area contributed by atoms with Crippen molar-refractivity contribution in [2.75, 3.05) is 6.54 Å². The first kappa shape index (κ1) is 9.17. The maximum absolute atomic E-state index is 10.6. The summed E-state index contributed by atoms with van der Waals surface area (Å²) in [5.74, 6) is -0.155. The number of hydrogen-bond donors (Lipinski definition) is 2. The van der Waals surface area contributed by atoms with Gasteiger partial charge in [0, 0.05) is 12.0 Å². The number of aliphatic hydroxyl groups excluding tert-OH is 1. The third-order valence-corrected chi connectivity index (χ3v) is 1.10. The SMILES string of the molecule is CC(C)/C(O)=C/C(=O)CN. The van der Waals surface area contributed by atoms with E-state index in [9.17, 15) is 4.79 Å². The lowest BCUT2D eigenvalue weighted by Gasteiger charge is -2.00. The van der Waals surface area contributed by atoms with Gasteiger partial charge < -0.3 is 10.8 Å². The van der Waals surface area contributed by atoms with Gasteiger partial charge in [-0.05, 0) is 0 Å². The van der Waals surface area contributed by atoms with Crippen LogP contribution < -0.4 is 5.73 Å². The van der Waals surface area contributed by atoms with Crippen LogP contribution in [-0.2, 0) is 4.79 Å². The maximum Gasteiger partial charge on any atom is 0.172 e. The zero-order valence-electron chi connectivity index (χ0n) is 6.29. The van der Waals surface area contributed by atoms with Crippen molar-refractivity contribution in [3.8, 4) is 0 Å². The number of nitrogens with two attached hydrogens (primary N) is 1. The summed E-state index contributed by atoms with van der Waals surface area (Å²) in [6.45, 7) is 3.56. The van der Waals surface area contributed by atoms with Gasteiger partial charge in [0.1, 0.15) is 0 Å². The Balaban J connectivity index is 4.03. The van der Waals surface area contributed by atoms with Crippen LogP contribution in [0, 0.1) is 5.92 Å². The minimum absolute atomic E-state index is 0.00417. The van der Waals surface area contributed by atoms with E-state index in [-0.39, 0.29) is 24.0 Å². The fraction of sp³-hybridized carbons (Fsp3) is 0.571. The average molecular weight is 143 g/mol. The second-order valence-electron chi connectivity index (χ2n) is 2.39. The average Bonchev–Trinajstić information content (AvgIpc) is 1.87. The molecule has 0 fully saturated rings. The van der Waals surface area contributed by atoms with Crippen LogP contribution in [-0.4, -0.2) is 17.4 Å². The molecule has 0 aromatic carbocycles. The molecule has 0 aromatic heterocycles. The lowest BCUT2D eigenvalue weighted by atomic mass is 10.1. The van der Waals surface area contributed by atoms with Gasteiger partial charge in [-0.15, -0.1) is 0 Å². The van der Waals surface area contributed by atoms with E-state index in [0.29, 0.717) is 0 Å². The molecule has 3 heteroatoms. The number of allylic oxidation sites excluding steroid dienone is 1. The monoisotopic (exact) mass is 143 g/mol. The smallest absolute Gasteiger partial charge is 0.172 e. The van der Waals surface area contributed by atoms with Crippen LogP contribution in [0.2, 0.25) is 0 Å². The molecule has 0 atom stereocenters. The van der Waals surface area contributed by atoms with Crippen molar-refractivity contribution >= 4 is 5.78 Å². The van der Waals surface area contributed by atoms with E-state index in [0.717, 1.165) is 0 Å². The molecule has 0 aliphatic rings. The molecule has 0 spiro atoms. The van der Waals surface area contributed by atoms with E-state index in [4.69, 9.17) is 10.8 Å². The van der Waals surface area contributed by atoms with Crippen molar-refractivity contribution < 1.29 is 9.90 Å². The van der Waals surface area contributed by atoms with Crippen molar-refractivity contribution in [2.45, 2.75) is 13.8 Å². The Morgan fingerprint density at radius 3 is 2.50 bits per heavy atom. The fourth-order valence-electron chi connectivity index (χ4n) is 0.391. The number of hydrogen-bond acceptors (Lipinski definition) is 3. The van der Waals surface area contributed by atoms with Crippen molar-refractivity contribution in [1.82, 2.24) is 0 Å². The van der Waals surface area contributed by atoms with Gasteiger partial charge in [-0.3, -0.25) is 4.79 Å². The predicted molar refractivity (Wildman–Crippen MR) is 39.6 cm³/mol. The number of rotatable bonds is 3. The van der Waals surface area contributed by atoms with Crippen molar-refractivity contribution in [3.05, 3.63) is 11.8 Å². The van der Waals surface area contributed by atoms with Crippen molar-refractivity contribution in [1.29, 1.82) is 0 Å². The number of aliphatic hydroxyl groups is 1. The highest BCUT2D eigenvalue weighted by atomic mass is 16.3. The van der Waals surface area contributed by atoms with E-state index >= 15 is 0 Å². The second-order valence-corrected chi connectivity index (χ2v) is 2.39. The summed E-state index contributed by atoms with van der Waals surface area (Å²) in [6, 6.07) is 0. The van der Waals surface area contributed by atoms with Gasteiger partial charge in [-0.2, -0.15) is 0 Å². The van der Waals surface area contributed by atoms with Gasteiger partial charge in [0.25, 0.3) is 0 Å². The first-order chi connectivity index (χ1) is 4.57. The molecule has 0 aromatic rings. The van der Waals surface area contributed by atoms with E-state index in [2.05, 4.69) is 0 Å². The Labute approximate surface area is 60.5 Å². The van der Waals surface area contributed by atoms with E-state index in [1.54, 1.807) is 13.8 Å². The first-order valence-electron chi connectivity index (χ1n) is 3.21. The van der Waals surface area contributed by atoms with Crippen LogP contribution in [0.3, 0.4) is 0 Å². The molecule has 0 bridgehead atoms. The lowest BCUT2D eigenvalue weighted by molar-refractivity contribution is -0.113. The minimum Gasteiger partial charge on any atom is -0.512 e. The third-order valence-electron chi connectivity index (χ3n) is 1.10. The molecule has 58 valence electrons. The van der Waals surface area contributed by atoms with Gasteiger partial charge >= 0.3 is 0 Å². The molecule has 0 radical (unpaired) electrons. The zero-order chi connectivity index (χ0) is 8.15. The second kappa shape index (κ2) is 4.06. The van der Waals surface area contributed by atoms with Gasteiger partial charge in [-0.25, -0.2) is 0 Å². The summed E-state index contributed by atoms with van der Waals surface area (Å²) in [4.78, 5) is 10.6. The standard InChI is InChI=1S/C7H13NO2/c1-5(2)7(10)3-6(9)4-8/h3,5,10H,4,8H2,1-2H3/b7-3-. The molecule has 0 saturated heterocycles. The third kappa shape index (κ3) is 3.25.